The van der Waals surface area contributed by atoms with Crippen LogP contribution in [0.3, 0.4) is 0 Å². The molecule has 2 aromatic rings. The first-order valence-corrected chi connectivity index (χ1v) is 9.30. The average molecular weight is 325 g/mol. The molecule has 120 valence electrons. The van der Waals surface area contributed by atoms with Crippen LogP contribution in [0.1, 0.15) is 32.6 Å². The van der Waals surface area contributed by atoms with Gasteiger partial charge >= 0.3 is 0 Å². The number of hydrogen-bond donors (Lipinski definition) is 0. The second kappa shape index (κ2) is 7.33. The number of rotatable bonds is 4. The Morgan fingerprint density at radius 3 is 2.61 bits per heavy atom. The third kappa shape index (κ3) is 3.85. The van der Waals surface area contributed by atoms with E-state index in [0.717, 1.165) is 41.9 Å². The third-order valence-electron chi connectivity index (χ3n) is 4.55. The summed E-state index contributed by atoms with van der Waals surface area (Å²) in [6.45, 7) is 7.29. The molecule has 0 radical (unpaired) electrons. The number of carbonyl (C=O) groups excluding carboxylic acids is 1. The maximum Gasteiger partial charge on any atom is 0.193 e. The van der Waals surface area contributed by atoms with Crippen molar-refractivity contribution in [2.75, 3.05) is 24.6 Å². The normalized spacial score (nSPS) is 15.6. The lowest BCUT2D eigenvalue weighted by Gasteiger charge is -2.26. The molecule has 0 aliphatic carbocycles. The molecule has 1 heterocycles. The van der Waals surface area contributed by atoms with E-state index in [1.807, 2.05) is 43.0 Å². The Morgan fingerprint density at radius 1 is 1.09 bits per heavy atom. The molecule has 0 amide bonds. The predicted molar refractivity (Wildman–Crippen MR) is 98.4 cm³/mol. The van der Waals surface area contributed by atoms with Gasteiger partial charge in [-0.3, -0.25) is 9.69 Å². The van der Waals surface area contributed by atoms with Gasteiger partial charge in [-0.1, -0.05) is 36.4 Å². The molecule has 0 spiro atoms. The summed E-state index contributed by atoms with van der Waals surface area (Å²) < 4.78 is 0. The Hall–Kier alpha value is -1.58. The van der Waals surface area contributed by atoms with Crippen LogP contribution in [0, 0.1) is 13.8 Å². The number of hydrogen-bond acceptors (Lipinski definition) is 3. The minimum Gasteiger partial charge on any atom is -0.297 e. The zero-order valence-corrected chi connectivity index (χ0v) is 14.7. The molecule has 0 unspecified atom stereocenters. The highest BCUT2D eigenvalue weighted by Crippen LogP contribution is 2.19. The van der Waals surface area contributed by atoms with Gasteiger partial charge in [-0.15, -0.1) is 0 Å². The third-order valence-corrected chi connectivity index (χ3v) is 5.49. The Labute approximate surface area is 142 Å². The van der Waals surface area contributed by atoms with Crippen LogP contribution < -0.4 is 0 Å². The van der Waals surface area contributed by atoms with Crippen molar-refractivity contribution in [1.82, 2.24) is 4.90 Å². The fourth-order valence-electron chi connectivity index (χ4n) is 2.98. The van der Waals surface area contributed by atoms with Crippen LogP contribution in [-0.2, 0) is 6.54 Å². The number of thioether (sulfide) groups is 1. The Balaban J connectivity index is 1.81. The van der Waals surface area contributed by atoms with E-state index in [0.29, 0.717) is 0 Å². The first-order chi connectivity index (χ1) is 11.1. The maximum absolute atomic E-state index is 12.8. The van der Waals surface area contributed by atoms with E-state index in [2.05, 4.69) is 30.0 Å². The van der Waals surface area contributed by atoms with Gasteiger partial charge in [0.05, 0.1) is 0 Å². The summed E-state index contributed by atoms with van der Waals surface area (Å²) in [6.07, 6.45) is 0. The first-order valence-electron chi connectivity index (χ1n) is 8.15. The molecule has 2 nitrogen and oxygen atoms in total. The van der Waals surface area contributed by atoms with E-state index in [-0.39, 0.29) is 5.78 Å². The smallest absolute Gasteiger partial charge is 0.193 e. The van der Waals surface area contributed by atoms with Crippen molar-refractivity contribution >= 4 is 17.5 Å². The van der Waals surface area contributed by atoms with E-state index in [4.69, 9.17) is 0 Å². The molecule has 0 N–H and O–H groups in total. The van der Waals surface area contributed by atoms with Crippen LogP contribution in [0.5, 0.6) is 0 Å². The van der Waals surface area contributed by atoms with Gasteiger partial charge in [0.2, 0.25) is 0 Å². The number of nitrogens with zero attached hydrogens (tertiary/aromatic N) is 1. The van der Waals surface area contributed by atoms with Gasteiger partial charge in [0, 0.05) is 42.3 Å². The van der Waals surface area contributed by atoms with Gasteiger partial charge in [0.1, 0.15) is 0 Å². The summed E-state index contributed by atoms with van der Waals surface area (Å²) in [7, 11) is 0. The molecule has 3 rings (SSSR count). The molecule has 1 saturated heterocycles. The highest BCUT2D eigenvalue weighted by Gasteiger charge is 2.15. The maximum atomic E-state index is 12.8. The van der Waals surface area contributed by atoms with E-state index in [1.54, 1.807) is 0 Å². The number of ketones is 1. The minimum atomic E-state index is 0.127. The Kier molecular flexibility index (Phi) is 5.19. The summed E-state index contributed by atoms with van der Waals surface area (Å²) >= 11 is 2.02. The van der Waals surface area contributed by atoms with Crippen LogP contribution in [0.2, 0.25) is 0 Å². The lowest BCUT2D eigenvalue weighted by Crippen LogP contribution is -2.32. The molecule has 1 aliphatic heterocycles. The van der Waals surface area contributed by atoms with E-state index in [1.165, 1.54) is 17.1 Å². The van der Waals surface area contributed by atoms with Crippen molar-refractivity contribution in [3.63, 3.8) is 0 Å². The van der Waals surface area contributed by atoms with E-state index >= 15 is 0 Å². The number of benzene rings is 2. The second-order valence-electron chi connectivity index (χ2n) is 6.17. The predicted octanol–water partition coefficient (Wildman–Crippen LogP) is 4.08. The largest absolute Gasteiger partial charge is 0.297 e. The Bertz CT molecular complexity index is 705. The topological polar surface area (TPSA) is 20.3 Å². The summed E-state index contributed by atoms with van der Waals surface area (Å²) in [5.74, 6) is 2.55. The summed E-state index contributed by atoms with van der Waals surface area (Å²) in [6, 6.07) is 14.1. The molecule has 1 aliphatic rings. The SMILES string of the molecule is Cc1cccc(C(=O)c2cccc(CN3CCSCC3)c2)c1C. The lowest BCUT2D eigenvalue weighted by molar-refractivity contribution is 0.103. The monoisotopic (exact) mass is 325 g/mol. The second-order valence-corrected chi connectivity index (χ2v) is 7.39. The van der Waals surface area contributed by atoms with Gasteiger partial charge in [-0.25, -0.2) is 0 Å². The quantitative estimate of drug-likeness (QED) is 0.790. The number of aryl methyl sites for hydroxylation is 1. The molecule has 23 heavy (non-hydrogen) atoms. The van der Waals surface area contributed by atoms with Gasteiger partial charge in [-0.05, 0) is 36.6 Å². The fourth-order valence-corrected chi connectivity index (χ4v) is 3.96. The summed E-state index contributed by atoms with van der Waals surface area (Å²) in [5.41, 5.74) is 5.08. The van der Waals surface area contributed by atoms with Gasteiger partial charge in [-0.2, -0.15) is 11.8 Å². The zero-order chi connectivity index (χ0) is 16.2. The molecule has 0 bridgehead atoms. The van der Waals surface area contributed by atoms with Crippen LogP contribution in [0.25, 0.3) is 0 Å². The van der Waals surface area contributed by atoms with Crippen molar-refractivity contribution in [2.24, 2.45) is 0 Å². The molecular formula is C20H23NOS. The highest BCUT2D eigenvalue weighted by atomic mass is 32.2. The molecule has 3 heteroatoms. The molecule has 2 aromatic carbocycles. The molecule has 0 saturated carbocycles. The van der Waals surface area contributed by atoms with Crippen molar-refractivity contribution in [3.05, 3.63) is 70.3 Å². The van der Waals surface area contributed by atoms with E-state index < -0.39 is 0 Å². The van der Waals surface area contributed by atoms with Gasteiger partial charge in [0.15, 0.2) is 5.78 Å². The molecule has 0 aromatic heterocycles. The van der Waals surface area contributed by atoms with Crippen molar-refractivity contribution in [3.8, 4) is 0 Å². The van der Waals surface area contributed by atoms with Gasteiger partial charge in [0.25, 0.3) is 0 Å². The average Bonchev–Trinajstić information content (AvgIpc) is 2.58. The van der Waals surface area contributed by atoms with E-state index in [9.17, 15) is 4.79 Å². The van der Waals surface area contributed by atoms with Crippen LogP contribution in [-0.4, -0.2) is 35.3 Å². The Morgan fingerprint density at radius 2 is 1.83 bits per heavy atom. The zero-order valence-electron chi connectivity index (χ0n) is 13.8. The first kappa shape index (κ1) is 16.3. The number of carbonyl (C=O) groups is 1. The lowest BCUT2D eigenvalue weighted by atomic mass is 9.95. The summed E-state index contributed by atoms with van der Waals surface area (Å²) in [4.78, 5) is 15.3. The van der Waals surface area contributed by atoms with Crippen LogP contribution in [0.4, 0.5) is 0 Å². The minimum absolute atomic E-state index is 0.127. The van der Waals surface area contributed by atoms with Crippen molar-refractivity contribution < 1.29 is 4.79 Å². The molecule has 0 atom stereocenters. The fraction of sp³-hybridized carbons (Fsp3) is 0.350. The standard InChI is InChI=1S/C20H23NOS/c1-15-5-3-8-19(16(15)2)20(22)18-7-4-6-17(13-18)14-21-9-11-23-12-10-21/h3-8,13H,9-12,14H2,1-2H3. The summed E-state index contributed by atoms with van der Waals surface area (Å²) in [5, 5.41) is 0. The highest BCUT2D eigenvalue weighted by molar-refractivity contribution is 7.99. The van der Waals surface area contributed by atoms with Crippen molar-refractivity contribution in [1.29, 1.82) is 0 Å². The molecule has 1 fully saturated rings. The van der Waals surface area contributed by atoms with Crippen LogP contribution in [0.15, 0.2) is 42.5 Å². The van der Waals surface area contributed by atoms with Crippen LogP contribution >= 0.6 is 11.8 Å². The van der Waals surface area contributed by atoms with Crippen molar-refractivity contribution in [2.45, 2.75) is 20.4 Å². The van der Waals surface area contributed by atoms with Gasteiger partial charge < -0.3 is 0 Å². The molecular weight excluding hydrogens is 302 g/mol.